The van der Waals surface area contributed by atoms with E-state index in [2.05, 4.69) is 39.3 Å². The van der Waals surface area contributed by atoms with Gasteiger partial charge in [-0.25, -0.2) is 4.98 Å². The smallest absolute Gasteiger partial charge is 0.313 e. The second-order valence-corrected chi connectivity index (χ2v) is 6.93. The Labute approximate surface area is 136 Å². The molecule has 4 nitrogen and oxygen atoms in total. The van der Waals surface area contributed by atoms with Crippen LogP contribution in [0.2, 0.25) is 0 Å². The van der Waals surface area contributed by atoms with Crippen LogP contribution in [0.3, 0.4) is 0 Å². The molecule has 2 rings (SSSR count). The minimum Gasteiger partial charge on any atom is -0.481 e. The summed E-state index contributed by atoms with van der Waals surface area (Å²) < 4.78 is 3.04. The van der Waals surface area contributed by atoms with E-state index in [0.717, 1.165) is 21.4 Å². The number of carbonyl (C=O) groups is 1. The molecule has 0 bridgehead atoms. The molecule has 0 aliphatic carbocycles. The third-order valence-electron chi connectivity index (χ3n) is 3.09. The van der Waals surface area contributed by atoms with E-state index in [1.165, 1.54) is 11.8 Å². The van der Waals surface area contributed by atoms with Gasteiger partial charge in [0, 0.05) is 10.2 Å². The molecule has 112 valence electrons. The summed E-state index contributed by atoms with van der Waals surface area (Å²) in [6.07, 6.45) is 1.83. The fraction of sp³-hybridized carbons (Fsp3) is 0.333. The van der Waals surface area contributed by atoms with Crippen molar-refractivity contribution >= 4 is 33.7 Å². The Morgan fingerprint density at radius 1 is 1.48 bits per heavy atom. The van der Waals surface area contributed by atoms with Gasteiger partial charge in [-0.1, -0.05) is 47.6 Å². The Balaban J connectivity index is 2.55. The van der Waals surface area contributed by atoms with Gasteiger partial charge in [0.15, 0.2) is 5.16 Å². The average molecular weight is 369 g/mol. The molecule has 0 saturated carbocycles. The zero-order valence-corrected chi connectivity index (χ0v) is 14.5. The van der Waals surface area contributed by atoms with Crippen molar-refractivity contribution in [1.29, 1.82) is 0 Å². The molecule has 0 unspecified atom stereocenters. The van der Waals surface area contributed by atoms with Crippen molar-refractivity contribution in [2.45, 2.75) is 31.8 Å². The van der Waals surface area contributed by atoms with Crippen LogP contribution in [0.25, 0.3) is 5.69 Å². The van der Waals surface area contributed by atoms with Crippen LogP contribution in [0.4, 0.5) is 0 Å². The fourth-order valence-corrected chi connectivity index (χ4v) is 3.11. The van der Waals surface area contributed by atoms with Crippen molar-refractivity contribution in [1.82, 2.24) is 9.55 Å². The van der Waals surface area contributed by atoms with Gasteiger partial charge in [0.2, 0.25) is 0 Å². The van der Waals surface area contributed by atoms with Crippen molar-refractivity contribution in [3.63, 3.8) is 0 Å². The highest BCUT2D eigenvalue weighted by molar-refractivity contribution is 9.10. The highest BCUT2D eigenvalue weighted by Gasteiger charge is 2.17. The number of thioether (sulfide) groups is 1. The lowest BCUT2D eigenvalue weighted by molar-refractivity contribution is -0.133. The first-order chi connectivity index (χ1) is 9.90. The molecule has 0 atom stereocenters. The van der Waals surface area contributed by atoms with E-state index < -0.39 is 5.97 Å². The molecular weight excluding hydrogens is 352 g/mol. The zero-order chi connectivity index (χ0) is 15.6. The second-order valence-electron chi connectivity index (χ2n) is 5.07. The maximum absolute atomic E-state index is 10.8. The average Bonchev–Trinajstić information content (AvgIpc) is 2.83. The summed E-state index contributed by atoms with van der Waals surface area (Å²) in [5, 5.41) is 9.60. The molecule has 0 amide bonds. The van der Waals surface area contributed by atoms with Gasteiger partial charge in [-0.05, 0) is 30.5 Å². The van der Waals surface area contributed by atoms with E-state index in [0.29, 0.717) is 11.1 Å². The standard InChI is InChI=1S/C15H17BrN2O2S/c1-9(2)13-7-17-15(21-8-14(19)20)18(13)12-6-11(16)5-4-10(12)3/h4-7,9H,8H2,1-3H3,(H,19,20). The Bertz CT molecular complexity index is 668. The molecule has 0 spiro atoms. The van der Waals surface area contributed by atoms with E-state index in [9.17, 15) is 4.79 Å². The molecule has 1 aromatic heterocycles. The number of imidazole rings is 1. The molecule has 0 radical (unpaired) electrons. The first-order valence-corrected chi connectivity index (χ1v) is 8.36. The van der Waals surface area contributed by atoms with Gasteiger partial charge in [-0.2, -0.15) is 0 Å². The van der Waals surface area contributed by atoms with Gasteiger partial charge >= 0.3 is 5.97 Å². The first-order valence-electron chi connectivity index (χ1n) is 6.59. The Kier molecular flexibility index (Phi) is 5.11. The van der Waals surface area contributed by atoms with Gasteiger partial charge in [0.25, 0.3) is 0 Å². The molecule has 1 N–H and O–H groups in total. The van der Waals surface area contributed by atoms with E-state index in [1.807, 2.05) is 31.3 Å². The molecule has 0 aliphatic heterocycles. The fourth-order valence-electron chi connectivity index (χ4n) is 2.05. The van der Waals surface area contributed by atoms with Crippen LogP contribution < -0.4 is 0 Å². The molecule has 21 heavy (non-hydrogen) atoms. The second kappa shape index (κ2) is 6.66. The maximum atomic E-state index is 10.8. The monoisotopic (exact) mass is 368 g/mol. The third-order valence-corrected chi connectivity index (χ3v) is 4.52. The van der Waals surface area contributed by atoms with Crippen LogP contribution in [0.1, 0.15) is 31.0 Å². The first kappa shape index (κ1) is 16.1. The number of nitrogens with zero attached hydrogens (tertiary/aromatic N) is 2. The van der Waals surface area contributed by atoms with Crippen LogP contribution in [-0.4, -0.2) is 26.4 Å². The van der Waals surface area contributed by atoms with Crippen molar-refractivity contribution < 1.29 is 9.90 Å². The molecule has 6 heteroatoms. The maximum Gasteiger partial charge on any atom is 0.313 e. The van der Waals surface area contributed by atoms with Gasteiger partial charge in [0.05, 0.1) is 17.6 Å². The van der Waals surface area contributed by atoms with Crippen LogP contribution in [0, 0.1) is 6.92 Å². The van der Waals surface area contributed by atoms with E-state index in [4.69, 9.17) is 5.11 Å². The van der Waals surface area contributed by atoms with Crippen molar-refractivity contribution in [3.8, 4) is 5.69 Å². The Morgan fingerprint density at radius 3 is 2.81 bits per heavy atom. The third kappa shape index (κ3) is 3.68. The number of halogens is 1. The Morgan fingerprint density at radius 2 is 2.19 bits per heavy atom. The molecule has 1 aromatic carbocycles. The predicted octanol–water partition coefficient (Wildman–Crippen LogP) is 4.24. The van der Waals surface area contributed by atoms with Crippen molar-refractivity contribution in [2.24, 2.45) is 0 Å². The van der Waals surface area contributed by atoms with Gasteiger partial charge < -0.3 is 5.11 Å². The topological polar surface area (TPSA) is 55.1 Å². The van der Waals surface area contributed by atoms with Crippen LogP contribution in [0.5, 0.6) is 0 Å². The van der Waals surface area contributed by atoms with E-state index in [1.54, 1.807) is 0 Å². The van der Waals surface area contributed by atoms with Crippen LogP contribution in [-0.2, 0) is 4.79 Å². The number of carboxylic acids is 1. The summed E-state index contributed by atoms with van der Waals surface area (Å²) in [6.45, 7) is 6.25. The molecular formula is C15H17BrN2O2S. The SMILES string of the molecule is Cc1ccc(Br)cc1-n1c(C(C)C)cnc1SCC(=O)O. The van der Waals surface area contributed by atoms with Crippen LogP contribution >= 0.6 is 27.7 Å². The summed E-state index contributed by atoms with van der Waals surface area (Å²) in [5.41, 5.74) is 3.22. The van der Waals surface area contributed by atoms with Crippen molar-refractivity contribution in [3.05, 3.63) is 40.1 Å². The minimum absolute atomic E-state index is 0.00159. The number of benzene rings is 1. The number of aromatic nitrogens is 2. The largest absolute Gasteiger partial charge is 0.481 e. The number of aryl methyl sites for hydroxylation is 1. The lowest BCUT2D eigenvalue weighted by Gasteiger charge is -2.16. The number of aliphatic carboxylic acids is 1. The number of carboxylic acid groups (broad SMARTS) is 1. The zero-order valence-electron chi connectivity index (χ0n) is 12.1. The molecule has 0 fully saturated rings. The summed E-state index contributed by atoms with van der Waals surface area (Å²) in [5.74, 6) is -0.539. The van der Waals surface area contributed by atoms with Crippen molar-refractivity contribution in [2.75, 3.05) is 5.75 Å². The quantitative estimate of drug-likeness (QED) is 0.801. The highest BCUT2D eigenvalue weighted by Crippen LogP contribution is 2.30. The highest BCUT2D eigenvalue weighted by atomic mass is 79.9. The molecule has 2 aromatic rings. The number of rotatable bonds is 5. The predicted molar refractivity (Wildman–Crippen MR) is 88.4 cm³/mol. The molecule has 0 saturated heterocycles. The van der Waals surface area contributed by atoms with Gasteiger partial charge in [0.1, 0.15) is 0 Å². The Hall–Kier alpha value is -1.27. The van der Waals surface area contributed by atoms with E-state index in [-0.39, 0.29) is 5.75 Å². The normalized spacial score (nSPS) is 11.1. The molecule has 0 aliphatic rings. The summed E-state index contributed by atoms with van der Waals surface area (Å²) in [7, 11) is 0. The van der Waals surface area contributed by atoms with Gasteiger partial charge in [-0.15, -0.1) is 0 Å². The number of hydrogen-bond donors (Lipinski definition) is 1. The van der Waals surface area contributed by atoms with Gasteiger partial charge in [-0.3, -0.25) is 9.36 Å². The summed E-state index contributed by atoms with van der Waals surface area (Å²) >= 11 is 4.74. The summed E-state index contributed by atoms with van der Waals surface area (Å²) in [6, 6.07) is 6.07. The number of hydrogen-bond acceptors (Lipinski definition) is 3. The lowest BCUT2D eigenvalue weighted by atomic mass is 10.1. The lowest BCUT2D eigenvalue weighted by Crippen LogP contribution is -2.07. The minimum atomic E-state index is -0.841. The molecule has 1 heterocycles. The van der Waals surface area contributed by atoms with Crippen LogP contribution in [0.15, 0.2) is 34.0 Å². The summed E-state index contributed by atoms with van der Waals surface area (Å²) in [4.78, 5) is 15.2. The van der Waals surface area contributed by atoms with E-state index >= 15 is 0 Å².